The van der Waals surface area contributed by atoms with Crippen LogP contribution >= 0.6 is 11.6 Å². The quantitative estimate of drug-likeness (QED) is 0.899. The Labute approximate surface area is 136 Å². The van der Waals surface area contributed by atoms with Crippen LogP contribution in [-0.2, 0) is 11.2 Å². The van der Waals surface area contributed by atoms with E-state index in [1.807, 2.05) is 18.4 Å². The fourth-order valence-electron chi connectivity index (χ4n) is 2.15. The van der Waals surface area contributed by atoms with Gasteiger partial charge in [-0.25, -0.2) is 0 Å². The highest BCUT2D eigenvalue weighted by atomic mass is 35.5. The van der Waals surface area contributed by atoms with Crippen molar-refractivity contribution in [1.29, 1.82) is 0 Å². The molecule has 0 fully saturated rings. The van der Waals surface area contributed by atoms with Gasteiger partial charge in [0.15, 0.2) is 0 Å². The van der Waals surface area contributed by atoms with E-state index in [0.29, 0.717) is 10.6 Å². The number of carbonyl (C=O) groups excluding carboxylic acids is 1. The van der Waals surface area contributed by atoms with Crippen LogP contribution in [0.1, 0.15) is 26.3 Å². The lowest BCUT2D eigenvalue weighted by Crippen LogP contribution is -2.39. The van der Waals surface area contributed by atoms with Gasteiger partial charge in [0, 0.05) is 34.6 Å². The Morgan fingerprint density at radius 3 is 2.68 bits per heavy atom. The second-order valence-electron chi connectivity index (χ2n) is 6.30. The van der Waals surface area contributed by atoms with Crippen LogP contribution in [0.25, 0.3) is 0 Å². The summed E-state index contributed by atoms with van der Waals surface area (Å²) in [5, 5.41) is 13.1. The predicted octanol–water partition coefficient (Wildman–Crippen LogP) is 3.22. The van der Waals surface area contributed by atoms with E-state index < -0.39 is 0 Å². The lowest BCUT2D eigenvalue weighted by atomic mass is 10.1. The molecular weight excluding hydrogens is 300 g/mol. The number of nitrogens with zero attached hydrogens (tertiary/aromatic N) is 1. The van der Waals surface area contributed by atoms with Crippen molar-refractivity contribution in [3.05, 3.63) is 52.8 Å². The summed E-state index contributed by atoms with van der Waals surface area (Å²) in [4.78, 5) is 14.2. The number of phenolic OH excluding ortho intramolecular Hbond substituents is 1. The smallest absolute Gasteiger partial charge is 0.228 e. The van der Waals surface area contributed by atoms with Gasteiger partial charge in [0.1, 0.15) is 5.75 Å². The molecule has 4 nitrogen and oxygen atoms in total. The number of rotatable bonds is 3. The van der Waals surface area contributed by atoms with Gasteiger partial charge in [-0.1, -0.05) is 17.7 Å². The fourth-order valence-corrected chi connectivity index (χ4v) is 2.32. The topological polar surface area (TPSA) is 52.6 Å². The summed E-state index contributed by atoms with van der Waals surface area (Å²) in [6.45, 7) is 7.16. The Kier molecular flexibility index (Phi) is 4.81. The number of aromatic hydroxyl groups is 1. The molecule has 22 heavy (non-hydrogen) atoms. The Balaban J connectivity index is 1.94. The number of amides is 1. The van der Waals surface area contributed by atoms with Crippen LogP contribution in [0.15, 0.2) is 42.2 Å². The molecule has 1 heterocycles. The number of halogens is 1. The van der Waals surface area contributed by atoms with Crippen molar-refractivity contribution in [3.63, 3.8) is 0 Å². The normalized spacial score (nSPS) is 14.7. The summed E-state index contributed by atoms with van der Waals surface area (Å²) in [5.74, 6) is -0.132. The molecule has 0 atom stereocenters. The highest BCUT2D eigenvalue weighted by molar-refractivity contribution is 6.30. The molecule has 0 bridgehead atoms. The van der Waals surface area contributed by atoms with Crippen molar-refractivity contribution >= 4 is 17.5 Å². The zero-order valence-corrected chi connectivity index (χ0v) is 13.8. The first-order chi connectivity index (χ1) is 10.3. The average molecular weight is 321 g/mol. The second kappa shape index (κ2) is 6.44. The zero-order chi connectivity index (χ0) is 16.3. The number of nitrogens with one attached hydrogen (secondary N) is 1. The third-order valence-electron chi connectivity index (χ3n) is 3.49. The van der Waals surface area contributed by atoms with Crippen LogP contribution in [-0.4, -0.2) is 28.0 Å². The fraction of sp³-hybridized carbons (Fsp3) is 0.353. The summed E-state index contributed by atoms with van der Waals surface area (Å²) < 4.78 is 0. The van der Waals surface area contributed by atoms with Gasteiger partial charge in [0.05, 0.1) is 6.42 Å². The van der Waals surface area contributed by atoms with Crippen molar-refractivity contribution in [3.8, 4) is 5.75 Å². The van der Waals surface area contributed by atoms with E-state index in [4.69, 9.17) is 11.6 Å². The minimum absolute atomic E-state index is 0.0368. The number of benzene rings is 1. The largest absolute Gasteiger partial charge is 0.508 e. The van der Waals surface area contributed by atoms with E-state index in [9.17, 15) is 9.90 Å². The van der Waals surface area contributed by atoms with Gasteiger partial charge in [-0.3, -0.25) is 4.79 Å². The molecule has 0 saturated carbocycles. The number of hydrogen-bond acceptors (Lipinski definition) is 3. The van der Waals surface area contributed by atoms with Crippen molar-refractivity contribution in [2.45, 2.75) is 32.7 Å². The average Bonchev–Trinajstić information content (AvgIpc) is 2.41. The van der Waals surface area contributed by atoms with Crippen LogP contribution < -0.4 is 5.32 Å². The molecule has 118 valence electrons. The molecule has 0 unspecified atom stereocenters. The summed E-state index contributed by atoms with van der Waals surface area (Å²) in [6.07, 6.45) is 5.95. The third kappa shape index (κ3) is 4.28. The van der Waals surface area contributed by atoms with Gasteiger partial charge in [0.2, 0.25) is 5.91 Å². The van der Waals surface area contributed by atoms with Gasteiger partial charge < -0.3 is 15.3 Å². The number of allylic oxidation sites excluding steroid dienone is 1. The zero-order valence-electron chi connectivity index (χ0n) is 13.1. The van der Waals surface area contributed by atoms with E-state index in [-0.39, 0.29) is 23.6 Å². The lowest BCUT2D eigenvalue weighted by Gasteiger charge is -2.35. The van der Waals surface area contributed by atoms with Crippen molar-refractivity contribution in [2.24, 2.45) is 0 Å². The first kappa shape index (κ1) is 16.4. The van der Waals surface area contributed by atoms with E-state index in [1.54, 1.807) is 12.1 Å². The number of phenols is 1. The van der Waals surface area contributed by atoms with E-state index in [1.165, 1.54) is 6.07 Å². The Morgan fingerprint density at radius 1 is 1.41 bits per heavy atom. The minimum atomic E-state index is -0.169. The van der Waals surface area contributed by atoms with Crippen molar-refractivity contribution in [2.75, 3.05) is 6.54 Å². The molecule has 1 aromatic carbocycles. The monoisotopic (exact) mass is 320 g/mol. The SMILES string of the molecule is CC(C)(C)N1C=CC(NC(=O)Cc2ccc(Cl)cc2O)=CC1. The second-order valence-corrected chi connectivity index (χ2v) is 6.73. The van der Waals surface area contributed by atoms with Crippen molar-refractivity contribution in [1.82, 2.24) is 10.2 Å². The third-order valence-corrected chi connectivity index (χ3v) is 3.72. The minimum Gasteiger partial charge on any atom is -0.508 e. The molecule has 2 N–H and O–H groups in total. The van der Waals surface area contributed by atoms with E-state index in [2.05, 4.69) is 31.0 Å². The van der Waals surface area contributed by atoms with Crippen LogP contribution in [0.4, 0.5) is 0 Å². The maximum Gasteiger partial charge on any atom is 0.228 e. The van der Waals surface area contributed by atoms with Gasteiger partial charge in [-0.15, -0.1) is 0 Å². The molecule has 1 aliphatic rings. The molecule has 0 aliphatic carbocycles. The highest BCUT2D eigenvalue weighted by Crippen LogP contribution is 2.22. The molecule has 1 amide bonds. The Hall–Kier alpha value is -1.94. The van der Waals surface area contributed by atoms with Crippen molar-refractivity contribution < 1.29 is 9.90 Å². The maximum absolute atomic E-state index is 12.1. The van der Waals surface area contributed by atoms with E-state index in [0.717, 1.165) is 12.2 Å². The van der Waals surface area contributed by atoms with Gasteiger partial charge in [-0.05, 0) is 45.1 Å². The summed E-state index contributed by atoms with van der Waals surface area (Å²) in [7, 11) is 0. The summed E-state index contributed by atoms with van der Waals surface area (Å²) in [5.41, 5.74) is 1.38. The predicted molar refractivity (Wildman–Crippen MR) is 88.6 cm³/mol. The first-order valence-corrected chi connectivity index (χ1v) is 7.56. The molecular formula is C17H21ClN2O2. The Morgan fingerprint density at radius 2 is 2.14 bits per heavy atom. The molecule has 0 radical (unpaired) electrons. The molecule has 0 saturated heterocycles. The van der Waals surface area contributed by atoms with Gasteiger partial charge >= 0.3 is 0 Å². The Bertz CT molecular complexity index is 630. The summed E-state index contributed by atoms with van der Waals surface area (Å²) in [6, 6.07) is 4.75. The molecule has 1 aliphatic heterocycles. The van der Waals surface area contributed by atoms with Gasteiger partial charge in [0.25, 0.3) is 0 Å². The maximum atomic E-state index is 12.1. The van der Waals surface area contributed by atoms with Crippen LogP contribution in [0.3, 0.4) is 0 Å². The van der Waals surface area contributed by atoms with E-state index >= 15 is 0 Å². The van der Waals surface area contributed by atoms with Crippen LogP contribution in [0.2, 0.25) is 5.02 Å². The standard InChI is InChI=1S/C17H21ClN2O2/c1-17(2,3)20-8-6-14(7-9-20)19-16(22)10-12-4-5-13(18)11-15(12)21/h4-8,11,21H,9-10H2,1-3H3,(H,19,22). The molecule has 0 spiro atoms. The van der Waals surface area contributed by atoms with Crippen LogP contribution in [0.5, 0.6) is 5.75 Å². The molecule has 5 heteroatoms. The summed E-state index contributed by atoms with van der Waals surface area (Å²) >= 11 is 5.78. The molecule has 2 rings (SSSR count). The van der Waals surface area contributed by atoms with Gasteiger partial charge in [-0.2, -0.15) is 0 Å². The molecule has 0 aromatic heterocycles. The lowest BCUT2D eigenvalue weighted by molar-refractivity contribution is -0.119. The number of carbonyl (C=O) groups is 1. The molecule has 1 aromatic rings. The van der Waals surface area contributed by atoms with Crippen LogP contribution in [0, 0.1) is 0 Å². The first-order valence-electron chi connectivity index (χ1n) is 7.18. The highest BCUT2D eigenvalue weighted by Gasteiger charge is 2.19. The number of hydrogen-bond donors (Lipinski definition) is 2.